The Morgan fingerprint density at radius 3 is 2.44 bits per heavy atom. The molecule has 1 aromatic rings. The Kier molecular flexibility index (Phi) is 6.81. The molecule has 0 heterocycles. The fraction of sp³-hybridized carbons (Fsp3) is 0.455. The molecule has 0 bridgehead atoms. The maximum atomic E-state index is 12.3. The summed E-state index contributed by atoms with van der Waals surface area (Å²) in [5.41, 5.74) is 6.21. The van der Waals surface area contributed by atoms with E-state index < -0.39 is 10.0 Å². The van der Waals surface area contributed by atoms with Crippen LogP contribution < -0.4 is 5.73 Å². The fourth-order valence-electron chi connectivity index (χ4n) is 1.44. The Balaban J connectivity index is 0.00000289. The minimum Gasteiger partial charge on any atom is -0.329 e. The molecule has 0 amide bonds. The lowest BCUT2D eigenvalue weighted by molar-refractivity contribution is 0.394. The Labute approximate surface area is 123 Å². The van der Waals surface area contributed by atoms with Crippen molar-refractivity contribution in [2.45, 2.75) is 24.8 Å². The minimum absolute atomic E-state index is 0. The highest BCUT2D eigenvalue weighted by Crippen LogP contribution is 2.23. The molecule has 0 saturated heterocycles. The second kappa shape index (κ2) is 6.86. The van der Waals surface area contributed by atoms with Gasteiger partial charge in [0.15, 0.2) is 0 Å². The van der Waals surface area contributed by atoms with Crippen molar-refractivity contribution in [1.82, 2.24) is 4.31 Å². The van der Waals surface area contributed by atoms with Gasteiger partial charge < -0.3 is 5.73 Å². The first-order valence-electron chi connectivity index (χ1n) is 5.25. The Morgan fingerprint density at radius 1 is 1.44 bits per heavy atom. The zero-order chi connectivity index (χ0) is 13.2. The summed E-state index contributed by atoms with van der Waals surface area (Å²) in [6, 6.07) is 4.89. The Bertz CT molecular complexity index is 508. The van der Waals surface area contributed by atoms with Crippen molar-refractivity contribution < 1.29 is 8.42 Å². The van der Waals surface area contributed by atoms with E-state index in [2.05, 4.69) is 15.9 Å². The number of nitrogens with zero attached hydrogens (tertiary/aromatic N) is 1. The zero-order valence-electron chi connectivity index (χ0n) is 10.6. The summed E-state index contributed by atoms with van der Waals surface area (Å²) in [7, 11) is -1.92. The normalized spacial score (nSPS) is 13.2. The number of sulfonamides is 1. The van der Waals surface area contributed by atoms with E-state index in [1.807, 2.05) is 0 Å². The monoisotopic (exact) mass is 356 g/mol. The molecule has 104 valence electrons. The van der Waals surface area contributed by atoms with Gasteiger partial charge in [-0.15, -0.1) is 12.4 Å². The van der Waals surface area contributed by atoms with Crippen molar-refractivity contribution in [3.8, 4) is 0 Å². The lowest BCUT2D eigenvalue weighted by atomic mass is 10.2. The first-order valence-corrected chi connectivity index (χ1v) is 7.48. The number of hydrogen-bond donors (Lipinski definition) is 1. The molecule has 1 rings (SSSR count). The maximum Gasteiger partial charge on any atom is 0.243 e. The van der Waals surface area contributed by atoms with Crippen LogP contribution in [-0.4, -0.2) is 32.4 Å². The molecule has 0 aliphatic carbocycles. The predicted octanol–water partition coefficient (Wildman–Crippen LogP) is 2.15. The lowest BCUT2D eigenvalue weighted by Gasteiger charge is -2.23. The van der Waals surface area contributed by atoms with Gasteiger partial charge in [-0.2, -0.15) is 4.31 Å². The molecule has 18 heavy (non-hydrogen) atoms. The van der Waals surface area contributed by atoms with Crippen LogP contribution in [0.25, 0.3) is 0 Å². The van der Waals surface area contributed by atoms with E-state index in [-0.39, 0.29) is 18.4 Å². The number of halogens is 2. The van der Waals surface area contributed by atoms with Crippen LogP contribution in [0.15, 0.2) is 27.6 Å². The van der Waals surface area contributed by atoms with Gasteiger partial charge in [0.05, 0.1) is 4.90 Å². The van der Waals surface area contributed by atoms with Crippen LogP contribution in [0.3, 0.4) is 0 Å². The summed E-state index contributed by atoms with van der Waals surface area (Å²) in [6.07, 6.45) is 0. The first kappa shape index (κ1) is 17.9. The number of hydrogen-bond acceptors (Lipinski definition) is 3. The third kappa shape index (κ3) is 3.68. The summed E-state index contributed by atoms with van der Waals surface area (Å²) >= 11 is 3.31. The predicted molar refractivity (Wildman–Crippen MR) is 79.6 cm³/mol. The zero-order valence-corrected chi connectivity index (χ0v) is 13.8. The standard InChI is InChI=1S/C11H17BrN2O2S.ClH/c1-8-6-10(12)4-5-11(8)17(15,16)14(3)9(2)7-13;/h4-6,9H,7,13H2,1-3H3;1H. The van der Waals surface area contributed by atoms with Crippen molar-refractivity contribution in [2.75, 3.05) is 13.6 Å². The summed E-state index contributed by atoms with van der Waals surface area (Å²) in [6.45, 7) is 3.86. The molecule has 0 aliphatic rings. The summed E-state index contributed by atoms with van der Waals surface area (Å²) in [5.74, 6) is 0. The highest BCUT2D eigenvalue weighted by molar-refractivity contribution is 9.10. The number of aryl methyl sites for hydroxylation is 1. The molecule has 4 nitrogen and oxygen atoms in total. The molecule has 2 N–H and O–H groups in total. The molecule has 0 fully saturated rings. The van der Waals surface area contributed by atoms with Gasteiger partial charge in [0, 0.05) is 24.1 Å². The third-order valence-electron chi connectivity index (χ3n) is 2.76. The van der Waals surface area contributed by atoms with Gasteiger partial charge in [0.2, 0.25) is 10.0 Å². The summed E-state index contributed by atoms with van der Waals surface area (Å²) < 4.78 is 26.8. The van der Waals surface area contributed by atoms with Gasteiger partial charge in [0.25, 0.3) is 0 Å². The van der Waals surface area contributed by atoms with Gasteiger partial charge in [-0.05, 0) is 37.6 Å². The molecule has 1 atom stereocenters. The fourth-order valence-corrected chi connectivity index (χ4v) is 3.49. The van der Waals surface area contributed by atoms with Gasteiger partial charge >= 0.3 is 0 Å². The van der Waals surface area contributed by atoms with Crippen molar-refractivity contribution in [3.05, 3.63) is 28.2 Å². The minimum atomic E-state index is -3.47. The maximum absolute atomic E-state index is 12.3. The largest absolute Gasteiger partial charge is 0.329 e. The molecule has 7 heteroatoms. The lowest BCUT2D eigenvalue weighted by Crippen LogP contribution is -2.39. The van der Waals surface area contributed by atoms with Crippen LogP contribution in [0.5, 0.6) is 0 Å². The summed E-state index contributed by atoms with van der Waals surface area (Å²) in [5, 5.41) is 0. The Morgan fingerprint density at radius 2 is 2.00 bits per heavy atom. The molecule has 1 unspecified atom stereocenters. The third-order valence-corrected chi connectivity index (χ3v) is 5.38. The molecule has 0 spiro atoms. The van der Waals surface area contributed by atoms with Crippen molar-refractivity contribution in [2.24, 2.45) is 5.73 Å². The van der Waals surface area contributed by atoms with Crippen LogP contribution in [-0.2, 0) is 10.0 Å². The molecule has 0 saturated carbocycles. The average Bonchev–Trinajstić information content (AvgIpc) is 2.26. The van der Waals surface area contributed by atoms with Crippen LogP contribution >= 0.6 is 28.3 Å². The number of likely N-dealkylation sites (N-methyl/N-ethyl adjacent to an activating group) is 1. The molecule has 0 radical (unpaired) electrons. The highest BCUT2D eigenvalue weighted by Gasteiger charge is 2.25. The average molecular weight is 358 g/mol. The molecule has 0 aromatic heterocycles. The van der Waals surface area contributed by atoms with Gasteiger partial charge in [-0.3, -0.25) is 0 Å². The van der Waals surface area contributed by atoms with Gasteiger partial charge in [-0.25, -0.2) is 8.42 Å². The van der Waals surface area contributed by atoms with E-state index in [0.29, 0.717) is 11.4 Å². The number of nitrogens with two attached hydrogens (primary N) is 1. The number of benzene rings is 1. The van der Waals surface area contributed by atoms with Gasteiger partial charge in [-0.1, -0.05) is 15.9 Å². The smallest absolute Gasteiger partial charge is 0.243 e. The van der Waals surface area contributed by atoms with E-state index in [1.54, 1.807) is 39.1 Å². The van der Waals surface area contributed by atoms with Gasteiger partial charge in [0.1, 0.15) is 0 Å². The molecular weight excluding hydrogens is 340 g/mol. The molecular formula is C11H18BrClN2O2S. The van der Waals surface area contributed by atoms with E-state index in [0.717, 1.165) is 10.0 Å². The van der Waals surface area contributed by atoms with E-state index in [9.17, 15) is 8.42 Å². The highest BCUT2D eigenvalue weighted by atomic mass is 79.9. The van der Waals surface area contributed by atoms with Crippen LogP contribution in [0, 0.1) is 6.92 Å². The SMILES string of the molecule is Cc1cc(Br)ccc1S(=O)(=O)N(C)C(C)CN.Cl. The molecule has 0 aliphatic heterocycles. The van der Waals surface area contributed by atoms with Crippen LogP contribution in [0.1, 0.15) is 12.5 Å². The first-order chi connectivity index (χ1) is 7.80. The summed E-state index contributed by atoms with van der Waals surface area (Å²) in [4.78, 5) is 0.323. The second-order valence-electron chi connectivity index (χ2n) is 4.02. The van der Waals surface area contributed by atoms with Crippen LogP contribution in [0.4, 0.5) is 0 Å². The van der Waals surface area contributed by atoms with Crippen LogP contribution in [0.2, 0.25) is 0 Å². The van der Waals surface area contributed by atoms with Crippen molar-refractivity contribution in [3.63, 3.8) is 0 Å². The topological polar surface area (TPSA) is 63.4 Å². The molecule has 1 aromatic carbocycles. The Hall–Kier alpha value is -0.140. The van der Waals surface area contributed by atoms with E-state index in [1.165, 1.54) is 4.31 Å². The van der Waals surface area contributed by atoms with Crippen molar-refractivity contribution >= 4 is 38.4 Å². The van der Waals surface area contributed by atoms with E-state index in [4.69, 9.17) is 5.73 Å². The van der Waals surface area contributed by atoms with E-state index >= 15 is 0 Å². The number of rotatable bonds is 4. The van der Waals surface area contributed by atoms with Crippen molar-refractivity contribution in [1.29, 1.82) is 0 Å². The quantitative estimate of drug-likeness (QED) is 0.898. The second-order valence-corrected chi connectivity index (χ2v) is 6.90.